The Morgan fingerprint density at radius 3 is 2.25 bits per heavy atom. The third kappa shape index (κ3) is 6.53. The molecule has 2 unspecified atom stereocenters. The zero-order valence-corrected chi connectivity index (χ0v) is 13.1. The number of benzene rings is 1. The van der Waals surface area contributed by atoms with Crippen molar-refractivity contribution < 1.29 is 9.84 Å². The van der Waals surface area contributed by atoms with Gasteiger partial charge in [-0.05, 0) is 18.9 Å². The second-order valence-electron chi connectivity index (χ2n) is 5.41. The minimum Gasteiger partial charge on any atom is -0.390 e. The SMILES string of the molecule is CCCCCCCCC(O)C(OCC)c1ccccc1. The van der Waals surface area contributed by atoms with E-state index in [-0.39, 0.29) is 6.10 Å². The van der Waals surface area contributed by atoms with Crippen LogP contribution in [-0.4, -0.2) is 17.8 Å². The molecule has 114 valence electrons. The normalized spacial score (nSPS) is 14.2. The molecule has 0 saturated heterocycles. The molecule has 0 aliphatic heterocycles. The molecule has 1 aromatic rings. The van der Waals surface area contributed by atoms with Gasteiger partial charge in [0.2, 0.25) is 0 Å². The summed E-state index contributed by atoms with van der Waals surface area (Å²) in [6, 6.07) is 10.1. The van der Waals surface area contributed by atoms with Crippen molar-refractivity contribution in [3.05, 3.63) is 35.9 Å². The number of aliphatic hydroxyl groups excluding tert-OH is 1. The average Bonchev–Trinajstić information content (AvgIpc) is 2.49. The van der Waals surface area contributed by atoms with E-state index < -0.39 is 6.10 Å². The van der Waals surface area contributed by atoms with Crippen molar-refractivity contribution in [3.8, 4) is 0 Å². The van der Waals surface area contributed by atoms with E-state index in [4.69, 9.17) is 4.74 Å². The fraction of sp³-hybridized carbons (Fsp3) is 0.667. The highest BCUT2D eigenvalue weighted by Gasteiger charge is 2.20. The molecule has 1 N–H and O–H groups in total. The van der Waals surface area contributed by atoms with E-state index in [0.717, 1.165) is 18.4 Å². The smallest absolute Gasteiger partial charge is 0.108 e. The molecule has 2 nitrogen and oxygen atoms in total. The molecule has 0 heterocycles. The molecule has 0 amide bonds. The van der Waals surface area contributed by atoms with Gasteiger partial charge >= 0.3 is 0 Å². The summed E-state index contributed by atoms with van der Waals surface area (Å²) in [4.78, 5) is 0. The predicted molar refractivity (Wildman–Crippen MR) is 84.8 cm³/mol. The van der Waals surface area contributed by atoms with Crippen molar-refractivity contribution in [2.24, 2.45) is 0 Å². The van der Waals surface area contributed by atoms with Crippen molar-refractivity contribution in [1.82, 2.24) is 0 Å². The zero-order valence-electron chi connectivity index (χ0n) is 13.1. The van der Waals surface area contributed by atoms with Crippen molar-refractivity contribution in [1.29, 1.82) is 0 Å². The van der Waals surface area contributed by atoms with Crippen molar-refractivity contribution in [2.45, 2.75) is 71.0 Å². The molecule has 0 saturated carbocycles. The first-order valence-electron chi connectivity index (χ1n) is 8.14. The largest absolute Gasteiger partial charge is 0.390 e. The summed E-state index contributed by atoms with van der Waals surface area (Å²) in [6.45, 7) is 4.84. The maximum atomic E-state index is 10.4. The summed E-state index contributed by atoms with van der Waals surface area (Å²) >= 11 is 0. The van der Waals surface area contributed by atoms with Gasteiger partial charge in [0.05, 0.1) is 6.10 Å². The number of unbranched alkanes of at least 4 members (excludes halogenated alkanes) is 5. The molecular formula is C18H30O2. The molecule has 2 atom stereocenters. The number of hydrogen-bond acceptors (Lipinski definition) is 2. The minimum absolute atomic E-state index is 0.183. The van der Waals surface area contributed by atoms with E-state index >= 15 is 0 Å². The Morgan fingerprint density at radius 1 is 0.950 bits per heavy atom. The molecule has 0 aliphatic carbocycles. The lowest BCUT2D eigenvalue weighted by molar-refractivity contribution is -0.0386. The lowest BCUT2D eigenvalue weighted by atomic mass is 9.99. The Morgan fingerprint density at radius 2 is 1.60 bits per heavy atom. The van der Waals surface area contributed by atoms with Gasteiger partial charge < -0.3 is 9.84 Å². The number of aliphatic hydroxyl groups is 1. The monoisotopic (exact) mass is 278 g/mol. The van der Waals surface area contributed by atoms with Crippen molar-refractivity contribution >= 4 is 0 Å². The van der Waals surface area contributed by atoms with Crippen LogP contribution >= 0.6 is 0 Å². The molecule has 0 bridgehead atoms. The molecule has 0 fully saturated rings. The van der Waals surface area contributed by atoms with E-state index in [1.807, 2.05) is 37.3 Å². The van der Waals surface area contributed by atoms with Crippen LogP contribution < -0.4 is 0 Å². The topological polar surface area (TPSA) is 29.5 Å². The standard InChI is InChI=1S/C18H30O2/c1-3-5-6-7-8-12-15-17(19)18(20-4-2)16-13-10-9-11-14-16/h9-11,13-14,17-19H,3-8,12,15H2,1-2H3. The van der Waals surface area contributed by atoms with Crippen molar-refractivity contribution in [3.63, 3.8) is 0 Å². The molecule has 20 heavy (non-hydrogen) atoms. The van der Waals surface area contributed by atoms with Gasteiger partial charge in [0.15, 0.2) is 0 Å². The van der Waals surface area contributed by atoms with E-state index in [1.54, 1.807) is 0 Å². The van der Waals surface area contributed by atoms with Crippen LogP contribution in [0.3, 0.4) is 0 Å². The lowest BCUT2D eigenvalue weighted by Crippen LogP contribution is -2.21. The summed E-state index contributed by atoms with van der Waals surface area (Å²) < 4.78 is 5.74. The summed E-state index contributed by atoms with van der Waals surface area (Å²) in [5.74, 6) is 0. The first kappa shape index (κ1) is 17.2. The summed E-state index contributed by atoms with van der Waals surface area (Å²) in [7, 11) is 0. The van der Waals surface area contributed by atoms with E-state index in [2.05, 4.69) is 6.92 Å². The maximum absolute atomic E-state index is 10.4. The lowest BCUT2D eigenvalue weighted by Gasteiger charge is -2.23. The Bertz CT molecular complexity index is 323. The molecule has 0 radical (unpaired) electrons. The third-order valence-corrected chi connectivity index (χ3v) is 3.68. The Kier molecular flexibility index (Phi) is 9.35. The second-order valence-corrected chi connectivity index (χ2v) is 5.41. The van der Waals surface area contributed by atoms with Crippen LogP contribution in [0.15, 0.2) is 30.3 Å². The molecular weight excluding hydrogens is 248 g/mol. The van der Waals surface area contributed by atoms with E-state index in [1.165, 1.54) is 32.1 Å². The summed E-state index contributed by atoms with van der Waals surface area (Å²) in [5.41, 5.74) is 1.08. The van der Waals surface area contributed by atoms with Gasteiger partial charge in [-0.1, -0.05) is 75.8 Å². The molecule has 0 aromatic heterocycles. The van der Waals surface area contributed by atoms with Gasteiger partial charge in [0.25, 0.3) is 0 Å². The van der Waals surface area contributed by atoms with Gasteiger partial charge in [-0.2, -0.15) is 0 Å². The number of hydrogen-bond donors (Lipinski definition) is 1. The predicted octanol–water partition coefficient (Wildman–Crippen LogP) is 4.88. The second kappa shape index (κ2) is 10.9. The number of ether oxygens (including phenoxy) is 1. The number of rotatable bonds is 11. The van der Waals surface area contributed by atoms with Gasteiger partial charge in [-0.3, -0.25) is 0 Å². The Balaban J connectivity index is 2.35. The summed E-state index contributed by atoms with van der Waals surface area (Å²) in [6.07, 6.45) is 7.75. The van der Waals surface area contributed by atoms with Crippen molar-refractivity contribution in [2.75, 3.05) is 6.61 Å². The van der Waals surface area contributed by atoms with Crippen LogP contribution in [0.5, 0.6) is 0 Å². The highest BCUT2D eigenvalue weighted by molar-refractivity contribution is 5.18. The first-order valence-corrected chi connectivity index (χ1v) is 8.14. The third-order valence-electron chi connectivity index (χ3n) is 3.68. The fourth-order valence-corrected chi connectivity index (χ4v) is 2.54. The van der Waals surface area contributed by atoms with Crippen LogP contribution in [0.1, 0.15) is 70.5 Å². The Labute approximate surface area is 124 Å². The quantitative estimate of drug-likeness (QED) is 0.585. The van der Waals surface area contributed by atoms with Gasteiger partial charge in [0, 0.05) is 6.61 Å². The molecule has 1 rings (SSSR count). The van der Waals surface area contributed by atoms with Gasteiger partial charge in [-0.25, -0.2) is 0 Å². The molecule has 0 aliphatic rings. The zero-order chi connectivity index (χ0) is 14.6. The van der Waals surface area contributed by atoms with Gasteiger partial charge in [0.1, 0.15) is 6.10 Å². The average molecular weight is 278 g/mol. The first-order chi connectivity index (χ1) is 9.79. The highest BCUT2D eigenvalue weighted by atomic mass is 16.5. The summed E-state index contributed by atoms with van der Waals surface area (Å²) in [5, 5.41) is 10.4. The van der Waals surface area contributed by atoms with E-state index in [9.17, 15) is 5.11 Å². The van der Waals surface area contributed by atoms with Gasteiger partial charge in [-0.15, -0.1) is 0 Å². The van der Waals surface area contributed by atoms with E-state index in [0.29, 0.717) is 6.61 Å². The molecule has 1 aromatic carbocycles. The highest BCUT2D eigenvalue weighted by Crippen LogP contribution is 2.24. The van der Waals surface area contributed by atoms with Crippen LogP contribution in [0.25, 0.3) is 0 Å². The molecule has 0 spiro atoms. The fourth-order valence-electron chi connectivity index (χ4n) is 2.54. The minimum atomic E-state index is -0.400. The van der Waals surface area contributed by atoms with Crippen LogP contribution in [0.2, 0.25) is 0 Å². The molecule has 2 heteroatoms. The van der Waals surface area contributed by atoms with Crippen LogP contribution in [0, 0.1) is 0 Å². The van der Waals surface area contributed by atoms with Crippen LogP contribution in [-0.2, 0) is 4.74 Å². The maximum Gasteiger partial charge on any atom is 0.108 e. The Hall–Kier alpha value is -0.860. The van der Waals surface area contributed by atoms with Crippen LogP contribution in [0.4, 0.5) is 0 Å².